The molecular weight excluding hydrogens is 385 g/mol. The number of aromatic hydroxyl groups is 1. The van der Waals surface area contributed by atoms with Crippen LogP contribution in [0.25, 0.3) is 0 Å². The van der Waals surface area contributed by atoms with Crippen LogP contribution in [-0.4, -0.2) is 28.1 Å². The first-order valence-electron chi connectivity index (χ1n) is 6.83. The number of amides is 1. The number of carboxylic acids is 1. The van der Waals surface area contributed by atoms with Crippen molar-refractivity contribution in [1.29, 1.82) is 0 Å². The summed E-state index contributed by atoms with van der Waals surface area (Å²) in [5, 5.41) is 21.2. The van der Waals surface area contributed by atoms with E-state index in [1.807, 2.05) is 29.5 Å². The first-order valence-corrected chi connectivity index (χ1v) is 7.91. The number of benzene rings is 1. The van der Waals surface area contributed by atoms with Gasteiger partial charge in [-0.3, -0.25) is 9.59 Å². The largest absolute Gasteiger partial charge is 0.507 e. The van der Waals surface area contributed by atoms with Crippen LogP contribution in [0.1, 0.15) is 43.5 Å². The minimum atomic E-state index is -0.791. The third-order valence-electron chi connectivity index (χ3n) is 3.28. The van der Waals surface area contributed by atoms with Crippen LogP contribution in [0.5, 0.6) is 5.75 Å². The highest BCUT2D eigenvalue weighted by atomic mass is 127. The van der Waals surface area contributed by atoms with E-state index in [1.54, 1.807) is 19.1 Å². The second-order valence-corrected chi connectivity index (χ2v) is 6.37. The van der Waals surface area contributed by atoms with Crippen molar-refractivity contribution in [3.63, 3.8) is 0 Å². The average molecular weight is 405 g/mol. The van der Waals surface area contributed by atoms with Crippen LogP contribution in [0.3, 0.4) is 0 Å². The SMILES string of the molecule is CC(CCCC(C)C(=O)O)NC(=O)c1ccc(I)c(O)c1. The van der Waals surface area contributed by atoms with E-state index in [4.69, 9.17) is 5.11 Å². The molecule has 21 heavy (non-hydrogen) atoms. The number of halogens is 1. The van der Waals surface area contributed by atoms with Crippen molar-refractivity contribution < 1.29 is 19.8 Å². The van der Waals surface area contributed by atoms with Crippen molar-refractivity contribution in [1.82, 2.24) is 5.32 Å². The third-order valence-corrected chi connectivity index (χ3v) is 4.19. The Balaban J connectivity index is 2.43. The molecule has 0 aliphatic heterocycles. The molecule has 0 bridgehead atoms. The van der Waals surface area contributed by atoms with Gasteiger partial charge in [-0.15, -0.1) is 0 Å². The second kappa shape index (κ2) is 8.21. The van der Waals surface area contributed by atoms with Crippen molar-refractivity contribution >= 4 is 34.5 Å². The lowest BCUT2D eigenvalue weighted by Crippen LogP contribution is -2.32. The fourth-order valence-electron chi connectivity index (χ4n) is 1.89. The third kappa shape index (κ3) is 5.91. The summed E-state index contributed by atoms with van der Waals surface area (Å²) >= 11 is 1.99. The molecule has 116 valence electrons. The zero-order valence-electron chi connectivity index (χ0n) is 12.1. The predicted molar refractivity (Wildman–Crippen MR) is 88.4 cm³/mol. The molecule has 0 spiro atoms. The number of carboxylic acid groups (broad SMARTS) is 1. The maximum atomic E-state index is 12.0. The highest BCUT2D eigenvalue weighted by Gasteiger charge is 2.14. The molecule has 0 aliphatic carbocycles. The van der Waals surface area contributed by atoms with Crippen LogP contribution >= 0.6 is 22.6 Å². The Morgan fingerprint density at radius 3 is 2.52 bits per heavy atom. The van der Waals surface area contributed by atoms with Crippen LogP contribution in [0.4, 0.5) is 0 Å². The monoisotopic (exact) mass is 405 g/mol. The molecule has 1 rings (SSSR count). The average Bonchev–Trinajstić information content (AvgIpc) is 2.41. The zero-order valence-corrected chi connectivity index (χ0v) is 14.3. The molecule has 0 aromatic heterocycles. The van der Waals surface area contributed by atoms with Crippen molar-refractivity contribution in [3.8, 4) is 5.75 Å². The second-order valence-electron chi connectivity index (χ2n) is 5.21. The molecule has 0 aliphatic rings. The lowest BCUT2D eigenvalue weighted by Gasteiger charge is -2.15. The van der Waals surface area contributed by atoms with E-state index in [-0.39, 0.29) is 23.6 Å². The van der Waals surface area contributed by atoms with E-state index in [1.165, 1.54) is 6.07 Å². The molecule has 6 heteroatoms. The van der Waals surface area contributed by atoms with Gasteiger partial charge in [0.2, 0.25) is 0 Å². The molecule has 5 nitrogen and oxygen atoms in total. The predicted octanol–water partition coefficient (Wildman–Crippen LogP) is 3.01. The van der Waals surface area contributed by atoms with Gasteiger partial charge in [-0.25, -0.2) is 0 Å². The van der Waals surface area contributed by atoms with Gasteiger partial charge < -0.3 is 15.5 Å². The summed E-state index contributed by atoms with van der Waals surface area (Å²) in [6.45, 7) is 3.57. The summed E-state index contributed by atoms with van der Waals surface area (Å²) in [4.78, 5) is 22.7. The number of nitrogens with one attached hydrogen (secondary N) is 1. The lowest BCUT2D eigenvalue weighted by atomic mass is 10.0. The molecule has 0 fully saturated rings. The fourth-order valence-corrected chi connectivity index (χ4v) is 2.22. The summed E-state index contributed by atoms with van der Waals surface area (Å²) in [6.07, 6.45) is 2.06. The first kappa shape index (κ1) is 17.7. The molecule has 0 saturated carbocycles. The highest BCUT2D eigenvalue weighted by Crippen LogP contribution is 2.20. The van der Waals surface area contributed by atoms with Gasteiger partial charge in [0.1, 0.15) is 5.75 Å². The van der Waals surface area contributed by atoms with Gasteiger partial charge in [-0.2, -0.15) is 0 Å². The van der Waals surface area contributed by atoms with Gasteiger partial charge in [0.15, 0.2) is 0 Å². The van der Waals surface area contributed by atoms with Crippen molar-refractivity contribution in [3.05, 3.63) is 27.3 Å². The minimum Gasteiger partial charge on any atom is -0.507 e. The maximum absolute atomic E-state index is 12.0. The number of hydrogen-bond acceptors (Lipinski definition) is 3. The van der Waals surface area contributed by atoms with E-state index in [0.717, 1.165) is 12.8 Å². The number of aliphatic carboxylic acids is 1. The number of carbonyl (C=O) groups excluding carboxylic acids is 1. The van der Waals surface area contributed by atoms with E-state index in [9.17, 15) is 14.7 Å². The van der Waals surface area contributed by atoms with Crippen LogP contribution in [0.15, 0.2) is 18.2 Å². The molecule has 2 unspecified atom stereocenters. The van der Waals surface area contributed by atoms with E-state index >= 15 is 0 Å². The van der Waals surface area contributed by atoms with Crippen LogP contribution in [0, 0.1) is 9.49 Å². The molecule has 2 atom stereocenters. The summed E-state index contributed by atoms with van der Waals surface area (Å²) in [5.74, 6) is -1.30. The van der Waals surface area contributed by atoms with Gasteiger partial charge in [0, 0.05) is 11.6 Å². The Hall–Kier alpha value is -1.31. The molecule has 1 aromatic carbocycles. The summed E-state index contributed by atoms with van der Waals surface area (Å²) in [5.41, 5.74) is 0.415. The Morgan fingerprint density at radius 1 is 1.29 bits per heavy atom. The maximum Gasteiger partial charge on any atom is 0.306 e. The molecule has 0 saturated heterocycles. The molecule has 3 N–H and O–H groups in total. The minimum absolute atomic E-state index is 0.0417. The van der Waals surface area contributed by atoms with Crippen LogP contribution in [0.2, 0.25) is 0 Å². The normalized spacial score (nSPS) is 13.5. The molecule has 1 aromatic rings. The molecule has 0 heterocycles. The molecule has 0 radical (unpaired) electrons. The van der Waals surface area contributed by atoms with Crippen molar-refractivity contribution in [2.75, 3.05) is 0 Å². The summed E-state index contributed by atoms with van der Waals surface area (Å²) < 4.78 is 0.694. The lowest BCUT2D eigenvalue weighted by molar-refractivity contribution is -0.141. The van der Waals surface area contributed by atoms with Gasteiger partial charge >= 0.3 is 5.97 Å². The van der Waals surface area contributed by atoms with Crippen molar-refractivity contribution in [2.24, 2.45) is 5.92 Å². The Bertz CT molecular complexity index is 518. The topological polar surface area (TPSA) is 86.6 Å². The van der Waals surface area contributed by atoms with E-state index in [2.05, 4.69) is 5.32 Å². The molecule has 1 amide bonds. The summed E-state index contributed by atoms with van der Waals surface area (Å²) in [7, 11) is 0. The quantitative estimate of drug-likeness (QED) is 0.609. The highest BCUT2D eigenvalue weighted by molar-refractivity contribution is 14.1. The Morgan fingerprint density at radius 2 is 1.95 bits per heavy atom. The van der Waals surface area contributed by atoms with E-state index in [0.29, 0.717) is 15.6 Å². The van der Waals surface area contributed by atoms with Crippen LogP contribution < -0.4 is 5.32 Å². The van der Waals surface area contributed by atoms with Gasteiger partial charge in [0.25, 0.3) is 5.91 Å². The van der Waals surface area contributed by atoms with Crippen LogP contribution in [-0.2, 0) is 4.79 Å². The smallest absolute Gasteiger partial charge is 0.306 e. The molecular formula is C15H20INO4. The Labute approximate surface area is 137 Å². The summed E-state index contributed by atoms with van der Waals surface area (Å²) in [6, 6.07) is 4.75. The zero-order chi connectivity index (χ0) is 16.0. The Kier molecular flexibility index (Phi) is 6.94. The number of rotatable bonds is 7. The number of hydrogen-bond donors (Lipinski definition) is 3. The standard InChI is InChI=1S/C15H20INO4/c1-9(15(20)21)4-3-5-10(2)17-14(19)11-6-7-12(16)13(18)8-11/h6-10,18H,3-5H2,1-2H3,(H,17,19)(H,20,21). The van der Waals surface area contributed by atoms with Gasteiger partial charge in [-0.05, 0) is 60.6 Å². The van der Waals surface area contributed by atoms with E-state index < -0.39 is 5.97 Å². The first-order chi connectivity index (χ1) is 9.81. The number of phenols is 1. The number of carbonyl (C=O) groups is 2. The van der Waals surface area contributed by atoms with Crippen molar-refractivity contribution in [2.45, 2.75) is 39.2 Å². The van der Waals surface area contributed by atoms with Gasteiger partial charge in [-0.1, -0.05) is 13.3 Å². The fraction of sp³-hybridized carbons (Fsp3) is 0.467. The van der Waals surface area contributed by atoms with Gasteiger partial charge in [0.05, 0.1) is 9.49 Å². The number of phenolic OH excluding ortho intramolecular Hbond substituents is 1.